The van der Waals surface area contributed by atoms with Gasteiger partial charge in [-0.25, -0.2) is 0 Å². The molecule has 2 aliphatic heterocycles. The number of rotatable bonds is 2. The lowest BCUT2D eigenvalue weighted by atomic mass is 10.1. The molecule has 4 nitrogen and oxygen atoms in total. The second kappa shape index (κ2) is 4.71. The van der Waals surface area contributed by atoms with E-state index in [1.165, 1.54) is 11.1 Å². The van der Waals surface area contributed by atoms with Gasteiger partial charge in [-0.1, -0.05) is 6.07 Å². The third kappa shape index (κ3) is 1.91. The summed E-state index contributed by atoms with van der Waals surface area (Å²) in [5, 5.41) is 12.6. The molecule has 0 radical (unpaired) electrons. The molecule has 0 unspecified atom stereocenters. The van der Waals surface area contributed by atoms with Gasteiger partial charge in [0, 0.05) is 25.2 Å². The fourth-order valence-corrected chi connectivity index (χ4v) is 2.89. The van der Waals surface area contributed by atoms with Crippen molar-refractivity contribution < 1.29 is 9.90 Å². The number of likely N-dealkylation sites (tertiary alicyclic amines) is 1. The molecule has 18 heavy (non-hydrogen) atoms. The van der Waals surface area contributed by atoms with Crippen molar-refractivity contribution in [2.75, 3.05) is 13.2 Å². The van der Waals surface area contributed by atoms with E-state index in [0.717, 1.165) is 38.0 Å². The molecule has 96 valence electrons. The van der Waals surface area contributed by atoms with Gasteiger partial charge in [0.2, 0.25) is 0 Å². The van der Waals surface area contributed by atoms with Crippen LogP contribution in [-0.2, 0) is 13.1 Å². The Hall–Kier alpha value is -1.39. The van der Waals surface area contributed by atoms with E-state index in [0.29, 0.717) is 0 Å². The molecule has 0 saturated carbocycles. The van der Waals surface area contributed by atoms with Gasteiger partial charge in [-0.05, 0) is 36.1 Å². The predicted molar refractivity (Wildman–Crippen MR) is 68.1 cm³/mol. The molecule has 1 aromatic rings. The van der Waals surface area contributed by atoms with Gasteiger partial charge in [-0.15, -0.1) is 0 Å². The van der Waals surface area contributed by atoms with Crippen LogP contribution in [0.25, 0.3) is 0 Å². The molecule has 2 heterocycles. The lowest BCUT2D eigenvalue weighted by Crippen LogP contribution is -2.37. The van der Waals surface area contributed by atoms with Crippen molar-refractivity contribution >= 4 is 5.91 Å². The first-order valence-electron chi connectivity index (χ1n) is 6.54. The topological polar surface area (TPSA) is 52.6 Å². The molecular formula is C14H18N2O2. The number of carbonyl (C=O) groups is 1. The van der Waals surface area contributed by atoms with Crippen LogP contribution in [0.5, 0.6) is 0 Å². The molecule has 3 rings (SSSR count). The first-order valence-corrected chi connectivity index (χ1v) is 6.54. The molecule has 1 aromatic carbocycles. The van der Waals surface area contributed by atoms with E-state index in [1.54, 1.807) is 0 Å². The minimum Gasteiger partial charge on any atom is -0.394 e. The lowest BCUT2D eigenvalue weighted by molar-refractivity contribution is 0.0677. The van der Waals surface area contributed by atoms with Crippen molar-refractivity contribution in [2.24, 2.45) is 0 Å². The Bertz CT molecular complexity index is 473. The van der Waals surface area contributed by atoms with E-state index in [4.69, 9.17) is 0 Å². The summed E-state index contributed by atoms with van der Waals surface area (Å²) in [6.07, 6.45) is 1.90. The van der Waals surface area contributed by atoms with E-state index >= 15 is 0 Å². The fourth-order valence-electron chi connectivity index (χ4n) is 2.89. The van der Waals surface area contributed by atoms with Crippen LogP contribution in [0.15, 0.2) is 18.2 Å². The van der Waals surface area contributed by atoms with Crippen LogP contribution in [0, 0.1) is 0 Å². The monoisotopic (exact) mass is 246 g/mol. The summed E-state index contributed by atoms with van der Waals surface area (Å²) in [7, 11) is 0. The Balaban J connectivity index is 1.84. The maximum Gasteiger partial charge on any atom is 0.254 e. The van der Waals surface area contributed by atoms with E-state index in [9.17, 15) is 9.90 Å². The van der Waals surface area contributed by atoms with Crippen molar-refractivity contribution in [3.63, 3.8) is 0 Å². The zero-order valence-electron chi connectivity index (χ0n) is 10.4. The summed E-state index contributed by atoms with van der Waals surface area (Å²) in [6, 6.07) is 5.93. The maximum absolute atomic E-state index is 12.4. The number of nitrogens with zero attached hydrogens (tertiary/aromatic N) is 1. The quantitative estimate of drug-likeness (QED) is 0.814. The van der Waals surface area contributed by atoms with Crippen LogP contribution in [0.4, 0.5) is 0 Å². The predicted octanol–water partition coefficient (Wildman–Crippen LogP) is 0.887. The molecule has 0 aliphatic carbocycles. The Morgan fingerprint density at radius 2 is 2.22 bits per heavy atom. The van der Waals surface area contributed by atoms with Gasteiger partial charge in [0.1, 0.15) is 0 Å². The normalized spacial score (nSPS) is 22.3. The van der Waals surface area contributed by atoms with Crippen LogP contribution >= 0.6 is 0 Å². The lowest BCUT2D eigenvalue weighted by Gasteiger charge is -2.23. The standard InChI is InChI=1S/C14H18N2O2/c17-9-13-2-1-5-16(13)14(18)10-3-4-11-7-15-8-12(11)6-10/h3-4,6,13,15,17H,1-2,5,7-9H2/t13-/m1/s1. The Morgan fingerprint density at radius 1 is 1.39 bits per heavy atom. The van der Waals surface area contributed by atoms with Gasteiger partial charge in [-0.2, -0.15) is 0 Å². The van der Waals surface area contributed by atoms with Gasteiger partial charge in [0.15, 0.2) is 0 Å². The Morgan fingerprint density at radius 3 is 3.06 bits per heavy atom. The molecule has 0 aromatic heterocycles. The van der Waals surface area contributed by atoms with Crippen LogP contribution in [0.3, 0.4) is 0 Å². The zero-order chi connectivity index (χ0) is 12.5. The number of benzene rings is 1. The molecule has 4 heteroatoms. The summed E-state index contributed by atoms with van der Waals surface area (Å²) in [4.78, 5) is 14.2. The van der Waals surface area contributed by atoms with Gasteiger partial charge in [0.25, 0.3) is 5.91 Å². The molecule has 1 amide bonds. The van der Waals surface area contributed by atoms with E-state index < -0.39 is 0 Å². The number of nitrogens with one attached hydrogen (secondary N) is 1. The van der Waals surface area contributed by atoms with Crippen LogP contribution in [0.1, 0.15) is 34.3 Å². The van der Waals surface area contributed by atoms with Crippen LogP contribution in [-0.4, -0.2) is 35.1 Å². The van der Waals surface area contributed by atoms with E-state index in [2.05, 4.69) is 5.32 Å². The second-order valence-corrected chi connectivity index (χ2v) is 5.06. The summed E-state index contributed by atoms with van der Waals surface area (Å²) >= 11 is 0. The third-order valence-electron chi connectivity index (χ3n) is 3.93. The summed E-state index contributed by atoms with van der Waals surface area (Å²) in [5.41, 5.74) is 3.25. The molecule has 0 spiro atoms. The Kier molecular flexibility index (Phi) is 3.06. The molecule has 1 fully saturated rings. The zero-order valence-corrected chi connectivity index (χ0v) is 10.4. The highest BCUT2D eigenvalue weighted by molar-refractivity contribution is 5.95. The van der Waals surface area contributed by atoms with Gasteiger partial charge in [0.05, 0.1) is 12.6 Å². The SMILES string of the molecule is O=C(c1ccc2c(c1)CNC2)N1CCC[C@@H]1CO. The van der Waals surface area contributed by atoms with Gasteiger partial charge >= 0.3 is 0 Å². The largest absolute Gasteiger partial charge is 0.394 e. The number of hydrogen-bond donors (Lipinski definition) is 2. The number of hydrogen-bond acceptors (Lipinski definition) is 3. The molecule has 1 atom stereocenters. The van der Waals surface area contributed by atoms with Crippen molar-refractivity contribution in [3.8, 4) is 0 Å². The van der Waals surface area contributed by atoms with Crippen molar-refractivity contribution in [2.45, 2.75) is 32.0 Å². The number of aliphatic hydroxyl groups excluding tert-OH is 1. The second-order valence-electron chi connectivity index (χ2n) is 5.06. The smallest absolute Gasteiger partial charge is 0.254 e. The number of amides is 1. The molecule has 1 saturated heterocycles. The van der Waals surface area contributed by atoms with Gasteiger partial charge < -0.3 is 15.3 Å². The van der Waals surface area contributed by atoms with Crippen molar-refractivity contribution in [1.29, 1.82) is 0 Å². The minimum absolute atomic E-state index is 0.00359. The summed E-state index contributed by atoms with van der Waals surface area (Å²) in [5.74, 6) is 0.0567. The summed E-state index contributed by atoms with van der Waals surface area (Å²) < 4.78 is 0. The Labute approximate surface area is 107 Å². The van der Waals surface area contributed by atoms with E-state index in [-0.39, 0.29) is 18.6 Å². The summed E-state index contributed by atoms with van der Waals surface area (Å²) in [6.45, 7) is 2.57. The van der Waals surface area contributed by atoms with Crippen molar-refractivity contribution in [3.05, 3.63) is 34.9 Å². The first-order chi connectivity index (χ1) is 8.79. The minimum atomic E-state index is 0.00359. The molecular weight excluding hydrogens is 228 g/mol. The van der Waals surface area contributed by atoms with Gasteiger partial charge in [-0.3, -0.25) is 4.79 Å². The number of aliphatic hydroxyl groups is 1. The third-order valence-corrected chi connectivity index (χ3v) is 3.93. The van der Waals surface area contributed by atoms with Crippen LogP contribution < -0.4 is 5.32 Å². The number of fused-ring (bicyclic) bond motifs is 1. The number of carbonyl (C=O) groups excluding carboxylic acids is 1. The molecule has 0 bridgehead atoms. The molecule has 2 aliphatic rings. The highest BCUT2D eigenvalue weighted by Crippen LogP contribution is 2.22. The highest BCUT2D eigenvalue weighted by Gasteiger charge is 2.29. The molecule has 2 N–H and O–H groups in total. The average molecular weight is 246 g/mol. The van der Waals surface area contributed by atoms with Crippen molar-refractivity contribution in [1.82, 2.24) is 10.2 Å². The highest BCUT2D eigenvalue weighted by atomic mass is 16.3. The average Bonchev–Trinajstić information content (AvgIpc) is 3.05. The van der Waals surface area contributed by atoms with Crippen LogP contribution in [0.2, 0.25) is 0 Å². The van der Waals surface area contributed by atoms with E-state index in [1.807, 2.05) is 23.1 Å². The maximum atomic E-state index is 12.4. The first kappa shape index (κ1) is 11.7. The fraction of sp³-hybridized carbons (Fsp3) is 0.500.